The molecule has 42 heavy (non-hydrogen) atoms. The number of aromatic nitrogens is 1. The van der Waals surface area contributed by atoms with Crippen molar-refractivity contribution in [2.24, 2.45) is 5.41 Å². The number of halogens is 1. The van der Waals surface area contributed by atoms with Gasteiger partial charge in [0.1, 0.15) is 23.5 Å². The minimum atomic E-state index is -0.619. The van der Waals surface area contributed by atoms with Gasteiger partial charge in [0.25, 0.3) is 0 Å². The summed E-state index contributed by atoms with van der Waals surface area (Å²) in [4.78, 5) is 17.9. The molecule has 7 heteroatoms. The molecule has 0 amide bonds. The highest BCUT2D eigenvalue weighted by Gasteiger charge is 2.31. The molecule has 4 rings (SSSR count). The van der Waals surface area contributed by atoms with Gasteiger partial charge in [0.05, 0.1) is 27.8 Å². The number of benzene rings is 3. The molecule has 0 spiro atoms. The lowest BCUT2D eigenvalue weighted by atomic mass is 9.91. The van der Waals surface area contributed by atoms with E-state index in [9.17, 15) is 4.79 Å². The van der Waals surface area contributed by atoms with Crippen LogP contribution in [0.25, 0.3) is 31.9 Å². The quantitative estimate of drug-likeness (QED) is 0.133. The van der Waals surface area contributed by atoms with Gasteiger partial charge in [0.15, 0.2) is 0 Å². The van der Waals surface area contributed by atoms with Gasteiger partial charge >= 0.3 is 5.97 Å². The molecule has 0 aliphatic heterocycles. The minimum absolute atomic E-state index is 0.100. The molecule has 224 valence electrons. The Morgan fingerprint density at radius 1 is 1.00 bits per heavy atom. The molecule has 1 heterocycles. The Balaban J connectivity index is 1.88. The predicted molar refractivity (Wildman–Crippen MR) is 175 cm³/mol. The summed E-state index contributed by atoms with van der Waals surface area (Å²) in [5.41, 5.74) is 4.82. The van der Waals surface area contributed by atoms with Gasteiger partial charge in [-0.3, -0.25) is 4.79 Å². The summed E-state index contributed by atoms with van der Waals surface area (Å²) in [5.74, 6) is 0.576. The van der Waals surface area contributed by atoms with Crippen molar-refractivity contribution in [3.05, 3.63) is 70.7 Å². The SMILES string of the molecule is CCCCOc1cccc(-c2nc3cc(C)c([C@@H](COC(=O)C(C)(C)C)OC(C)(C)C)c(-c4ccc(Cl)cc4)c3s2)c1. The molecule has 0 radical (unpaired) electrons. The van der Waals surface area contributed by atoms with Gasteiger partial charge in [-0.1, -0.05) is 49.2 Å². The number of rotatable bonds is 10. The fourth-order valence-corrected chi connectivity index (χ4v) is 5.92. The van der Waals surface area contributed by atoms with Gasteiger partial charge in [0, 0.05) is 16.1 Å². The van der Waals surface area contributed by atoms with Gasteiger partial charge in [-0.15, -0.1) is 11.3 Å². The maximum absolute atomic E-state index is 12.8. The van der Waals surface area contributed by atoms with Crippen molar-refractivity contribution in [1.82, 2.24) is 4.98 Å². The van der Waals surface area contributed by atoms with E-state index in [1.165, 1.54) is 0 Å². The van der Waals surface area contributed by atoms with Crippen LogP contribution in [-0.4, -0.2) is 29.8 Å². The summed E-state index contributed by atoms with van der Waals surface area (Å²) < 4.78 is 19.5. The largest absolute Gasteiger partial charge is 0.494 e. The summed E-state index contributed by atoms with van der Waals surface area (Å²) in [6.07, 6.45) is 1.61. The van der Waals surface area contributed by atoms with E-state index >= 15 is 0 Å². The monoisotopic (exact) mass is 607 g/mol. The number of esters is 1. The fraction of sp³-hybridized carbons (Fsp3) is 0.429. The van der Waals surface area contributed by atoms with E-state index in [0.29, 0.717) is 11.6 Å². The van der Waals surface area contributed by atoms with Gasteiger partial charge in [-0.2, -0.15) is 0 Å². The molecule has 0 saturated carbocycles. The van der Waals surface area contributed by atoms with E-state index in [1.807, 2.05) is 77.9 Å². The lowest BCUT2D eigenvalue weighted by molar-refractivity contribution is -0.162. The lowest BCUT2D eigenvalue weighted by Gasteiger charge is -2.31. The van der Waals surface area contributed by atoms with Crippen molar-refractivity contribution in [2.45, 2.75) is 79.9 Å². The first-order valence-corrected chi connectivity index (χ1v) is 15.7. The van der Waals surface area contributed by atoms with E-state index in [1.54, 1.807) is 11.3 Å². The molecule has 0 bridgehead atoms. The Morgan fingerprint density at radius 3 is 2.36 bits per heavy atom. The second-order valence-corrected chi connectivity index (χ2v) is 14.1. The van der Waals surface area contributed by atoms with Crippen molar-refractivity contribution in [2.75, 3.05) is 13.2 Å². The average Bonchev–Trinajstić information content (AvgIpc) is 3.33. The van der Waals surface area contributed by atoms with Gasteiger partial charge in [-0.25, -0.2) is 4.98 Å². The van der Waals surface area contributed by atoms with E-state index < -0.39 is 17.1 Å². The van der Waals surface area contributed by atoms with Gasteiger partial charge in [-0.05, 0) is 102 Å². The van der Waals surface area contributed by atoms with Crippen LogP contribution in [0.3, 0.4) is 0 Å². The zero-order valence-electron chi connectivity index (χ0n) is 26.0. The van der Waals surface area contributed by atoms with E-state index in [4.69, 9.17) is 30.8 Å². The van der Waals surface area contributed by atoms with Crippen molar-refractivity contribution >= 4 is 39.1 Å². The predicted octanol–water partition coefficient (Wildman–Crippen LogP) is 10.2. The van der Waals surface area contributed by atoms with Crippen molar-refractivity contribution < 1.29 is 19.0 Å². The smallest absolute Gasteiger partial charge is 0.311 e. The average molecular weight is 608 g/mol. The highest BCUT2D eigenvalue weighted by molar-refractivity contribution is 7.22. The molecule has 1 atom stereocenters. The second kappa shape index (κ2) is 13.2. The van der Waals surface area contributed by atoms with Crippen molar-refractivity contribution in [1.29, 1.82) is 0 Å². The lowest BCUT2D eigenvalue weighted by Crippen LogP contribution is -2.30. The number of hydrogen-bond acceptors (Lipinski definition) is 6. The number of ether oxygens (including phenoxy) is 3. The highest BCUT2D eigenvalue weighted by atomic mass is 35.5. The summed E-state index contributed by atoms with van der Waals surface area (Å²) >= 11 is 7.94. The normalized spacial score (nSPS) is 12.9. The molecule has 1 aromatic heterocycles. The maximum Gasteiger partial charge on any atom is 0.311 e. The van der Waals surface area contributed by atoms with E-state index in [2.05, 4.69) is 32.0 Å². The first-order valence-electron chi connectivity index (χ1n) is 14.5. The van der Waals surface area contributed by atoms with Crippen LogP contribution in [0, 0.1) is 12.3 Å². The molecule has 0 fully saturated rings. The highest BCUT2D eigenvalue weighted by Crippen LogP contribution is 2.44. The first kappa shape index (κ1) is 32.0. The van der Waals surface area contributed by atoms with Crippen LogP contribution >= 0.6 is 22.9 Å². The Labute approximate surface area is 259 Å². The molecule has 0 aliphatic carbocycles. The van der Waals surface area contributed by atoms with E-state index in [-0.39, 0.29) is 12.6 Å². The standard InChI is InChI=1S/C35H42ClNO4S/c1-9-10-18-39-26-13-11-12-24(20-26)32-37-27-19-22(2)29(30(31(27)42-32)23-14-16-25(36)17-15-23)28(41-35(6,7)8)21-40-33(38)34(3,4)5/h11-17,19-20,28H,9-10,18,21H2,1-8H3/t28-/m1/s1. The van der Waals surface area contributed by atoms with Crippen LogP contribution in [0.5, 0.6) is 5.75 Å². The minimum Gasteiger partial charge on any atom is -0.494 e. The first-order chi connectivity index (χ1) is 19.8. The van der Waals surface area contributed by atoms with Crippen LogP contribution in [0.4, 0.5) is 0 Å². The molecule has 5 nitrogen and oxygen atoms in total. The van der Waals surface area contributed by atoms with Crippen molar-refractivity contribution in [3.8, 4) is 27.4 Å². The maximum atomic E-state index is 12.8. The zero-order valence-corrected chi connectivity index (χ0v) is 27.5. The summed E-state index contributed by atoms with van der Waals surface area (Å²) in [7, 11) is 0. The fourth-order valence-electron chi connectivity index (χ4n) is 4.68. The number of fused-ring (bicyclic) bond motifs is 1. The second-order valence-electron chi connectivity index (χ2n) is 12.7. The third-order valence-electron chi connectivity index (χ3n) is 6.70. The molecular weight excluding hydrogens is 566 g/mol. The molecule has 4 aromatic rings. The topological polar surface area (TPSA) is 57.7 Å². The van der Waals surface area contributed by atoms with Crippen molar-refractivity contribution in [3.63, 3.8) is 0 Å². The number of carbonyl (C=O) groups excluding carboxylic acids is 1. The summed E-state index contributed by atoms with van der Waals surface area (Å²) in [5, 5.41) is 1.57. The number of carbonyl (C=O) groups is 1. The molecule has 0 aliphatic rings. The number of thiazole rings is 1. The van der Waals surface area contributed by atoms with Crippen LogP contribution in [0.2, 0.25) is 5.02 Å². The molecule has 0 unspecified atom stereocenters. The van der Waals surface area contributed by atoms with Gasteiger partial charge in [0.2, 0.25) is 0 Å². The van der Waals surface area contributed by atoms with Crippen LogP contribution < -0.4 is 4.74 Å². The van der Waals surface area contributed by atoms with Crippen LogP contribution in [0.15, 0.2) is 54.6 Å². The molecule has 0 N–H and O–H groups in total. The van der Waals surface area contributed by atoms with Gasteiger partial charge < -0.3 is 14.2 Å². The Morgan fingerprint density at radius 2 is 1.71 bits per heavy atom. The molecule has 3 aromatic carbocycles. The van der Waals surface area contributed by atoms with Crippen LogP contribution in [0.1, 0.15) is 78.5 Å². The summed E-state index contributed by atoms with van der Waals surface area (Å²) in [6, 6.07) is 18.1. The zero-order chi connectivity index (χ0) is 30.7. The summed E-state index contributed by atoms with van der Waals surface area (Å²) in [6.45, 7) is 16.6. The molecular formula is C35H42ClNO4S. The number of nitrogens with zero attached hydrogens (tertiary/aromatic N) is 1. The van der Waals surface area contributed by atoms with E-state index in [0.717, 1.165) is 61.6 Å². The number of unbranched alkanes of at least 4 members (excludes halogenated alkanes) is 1. The Hall–Kier alpha value is -2.93. The molecule has 0 saturated heterocycles. The Kier molecular flexibility index (Phi) is 10.0. The Bertz CT molecular complexity index is 1530. The van der Waals surface area contributed by atoms with Crippen LogP contribution in [-0.2, 0) is 14.3 Å². The number of aryl methyl sites for hydroxylation is 1. The number of hydrogen-bond donors (Lipinski definition) is 0. The third kappa shape index (κ3) is 7.91. The third-order valence-corrected chi connectivity index (χ3v) is 8.09.